The van der Waals surface area contributed by atoms with Crippen LogP contribution in [0.5, 0.6) is 5.75 Å². The van der Waals surface area contributed by atoms with E-state index in [0.717, 1.165) is 16.9 Å². The molecule has 1 aliphatic rings. The van der Waals surface area contributed by atoms with Crippen molar-refractivity contribution in [1.29, 1.82) is 0 Å². The first-order chi connectivity index (χ1) is 14.9. The highest BCUT2D eigenvalue weighted by molar-refractivity contribution is 6.74. The van der Waals surface area contributed by atoms with Crippen molar-refractivity contribution in [2.45, 2.75) is 77.2 Å². The van der Waals surface area contributed by atoms with Crippen molar-refractivity contribution in [3.63, 3.8) is 0 Å². The van der Waals surface area contributed by atoms with Gasteiger partial charge < -0.3 is 18.6 Å². The third-order valence-electron chi connectivity index (χ3n) is 6.80. The molecule has 180 valence electrons. The van der Waals surface area contributed by atoms with E-state index in [4.69, 9.17) is 18.6 Å². The topological polar surface area (TPSA) is 80.1 Å². The van der Waals surface area contributed by atoms with Crippen LogP contribution in [-0.4, -0.2) is 52.3 Å². The Kier molecular flexibility index (Phi) is 9.04. The van der Waals surface area contributed by atoms with E-state index in [-0.39, 0.29) is 34.6 Å². The van der Waals surface area contributed by atoms with Gasteiger partial charge in [-0.3, -0.25) is 10.1 Å². The third-order valence-corrected chi connectivity index (χ3v) is 11.3. The summed E-state index contributed by atoms with van der Waals surface area (Å²) in [7, 11) is 1.06. The second-order valence-electron chi connectivity index (χ2n) is 10.0. The van der Waals surface area contributed by atoms with Crippen molar-refractivity contribution in [3.05, 3.63) is 51.6 Å². The number of benzene rings is 1. The summed E-state index contributed by atoms with van der Waals surface area (Å²) in [6.45, 7) is 13.1. The Morgan fingerprint density at radius 1 is 1.19 bits per heavy atom. The van der Waals surface area contributed by atoms with Crippen LogP contribution in [-0.2, 0) is 20.5 Å². The highest BCUT2D eigenvalue weighted by Gasteiger charge is 2.47. The summed E-state index contributed by atoms with van der Waals surface area (Å²) in [5, 5.41) is 11.4. The molecule has 4 atom stereocenters. The SMILES string of the molecule is COc1ccc(CO[C@H]2C(C)=CC[C@H](O[Si](C)(C)C(C)(C)C)[C@H]2[C@@H](C[N+](=O)[O-])OC)cc1. The van der Waals surface area contributed by atoms with E-state index in [1.54, 1.807) is 7.11 Å². The maximum atomic E-state index is 11.4. The maximum Gasteiger partial charge on any atom is 0.230 e. The molecular weight excluding hydrogens is 426 g/mol. The van der Waals surface area contributed by atoms with Crippen molar-refractivity contribution in [2.75, 3.05) is 20.8 Å². The van der Waals surface area contributed by atoms with Gasteiger partial charge in [-0.1, -0.05) is 39.0 Å². The average molecular weight is 466 g/mol. The lowest BCUT2D eigenvalue weighted by Gasteiger charge is -2.46. The highest BCUT2D eigenvalue weighted by atomic mass is 28.4. The van der Waals surface area contributed by atoms with Gasteiger partial charge in [0.05, 0.1) is 25.9 Å². The molecule has 1 aromatic carbocycles. The minimum absolute atomic E-state index is 0.0267. The highest BCUT2D eigenvalue weighted by Crippen LogP contribution is 2.42. The van der Waals surface area contributed by atoms with Crippen LogP contribution in [0.3, 0.4) is 0 Å². The van der Waals surface area contributed by atoms with Gasteiger partial charge in [0, 0.05) is 18.0 Å². The Labute approximate surface area is 193 Å². The lowest BCUT2D eigenvalue weighted by atomic mass is 9.80. The molecule has 1 aliphatic carbocycles. The minimum Gasteiger partial charge on any atom is -0.497 e. The van der Waals surface area contributed by atoms with Gasteiger partial charge in [0.1, 0.15) is 11.9 Å². The predicted molar refractivity (Wildman–Crippen MR) is 128 cm³/mol. The molecule has 2 rings (SSSR count). The van der Waals surface area contributed by atoms with Gasteiger partial charge in [0.2, 0.25) is 6.54 Å². The molecule has 0 bridgehead atoms. The Hall–Kier alpha value is -1.74. The number of nitro groups is 1. The number of nitrogens with zero attached hydrogens (tertiary/aromatic N) is 1. The molecule has 0 radical (unpaired) electrons. The standard InChI is InChI=1S/C24H39NO6Si/c1-17-9-14-20(31-32(7,8)24(2,3)4)22(21(29-6)15-25(26)27)23(17)30-16-18-10-12-19(28-5)13-11-18/h9-13,20-23H,14-16H2,1-8H3/t20-,21+,22-,23-/m0/s1. The lowest BCUT2D eigenvalue weighted by molar-refractivity contribution is -0.494. The third kappa shape index (κ3) is 6.63. The van der Waals surface area contributed by atoms with E-state index in [1.807, 2.05) is 31.2 Å². The van der Waals surface area contributed by atoms with Crippen LogP contribution in [0.2, 0.25) is 18.1 Å². The second-order valence-corrected chi connectivity index (χ2v) is 14.8. The van der Waals surface area contributed by atoms with Crippen molar-refractivity contribution in [3.8, 4) is 5.75 Å². The number of methoxy groups -OCH3 is 2. The first-order valence-corrected chi connectivity index (χ1v) is 14.0. The van der Waals surface area contributed by atoms with Gasteiger partial charge in [-0.15, -0.1) is 0 Å². The fourth-order valence-corrected chi connectivity index (χ4v) is 5.20. The summed E-state index contributed by atoms with van der Waals surface area (Å²) in [5.74, 6) is 0.511. The smallest absolute Gasteiger partial charge is 0.230 e. The zero-order valence-electron chi connectivity index (χ0n) is 20.7. The molecule has 0 aliphatic heterocycles. The quantitative estimate of drug-likeness (QED) is 0.204. The van der Waals surface area contributed by atoms with E-state index in [9.17, 15) is 10.1 Å². The van der Waals surface area contributed by atoms with Crippen LogP contribution in [0.25, 0.3) is 0 Å². The lowest BCUT2D eigenvalue weighted by Crippen LogP contribution is -2.53. The molecule has 0 saturated carbocycles. The molecule has 0 aromatic heterocycles. The van der Waals surface area contributed by atoms with Gasteiger partial charge in [-0.05, 0) is 54.7 Å². The molecule has 1 aromatic rings. The van der Waals surface area contributed by atoms with Crippen LogP contribution < -0.4 is 4.74 Å². The van der Waals surface area contributed by atoms with Gasteiger partial charge in [-0.2, -0.15) is 0 Å². The molecule has 0 spiro atoms. The summed E-state index contributed by atoms with van der Waals surface area (Å²) in [5.41, 5.74) is 2.07. The minimum atomic E-state index is -2.11. The Morgan fingerprint density at radius 3 is 2.31 bits per heavy atom. The van der Waals surface area contributed by atoms with Crippen LogP contribution in [0.4, 0.5) is 0 Å². The molecule has 0 saturated heterocycles. The number of ether oxygens (including phenoxy) is 3. The van der Waals surface area contributed by atoms with Crippen LogP contribution >= 0.6 is 0 Å². The molecular formula is C24H39NO6Si. The maximum absolute atomic E-state index is 11.4. The van der Waals surface area contributed by atoms with Crippen molar-refractivity contribution >= 4 is 8.32 Å². The summed E-state index contributed by atoms with van der Waals surface area (Å²) in [6, 6.07) is 7.72. The van der Waals surface area contributed by atoms with Crippen LogP contribution in [0.1, 0.15) is 39.7 Å². The fraction of sp³-hybridized carbons (Fsp3) is 0.667. The van der Waals surface area contributed by atoms with E-state index in [0.29, 0.717) is 13.0 Å². The van der Waals surface area contributed by atoms with Gasteiger partial charge in [0.25, 0.3) is 0 Å². The monoisotopic (exact) mass is 465 g/mol. The molecule has 0 unspecified atom stereocenters. The largest absolute Gasteiger partial charge is 0.497 e. The molecule has 0 N–H and O–H groups in total. The fourth-order valence-electron chi connectivity index (χ4n) is 3.84. The van der Waals surface area contributed by atoms with Crippen molar-refractivity contribution in [1.82, 2.24) is 0 Å². The van der Waals surface area contributed by atoms with Crippen LogP contribution in [0, 0.1) is 16.0 Å². The first kappa shape index (κ1) is 26.5. The van der Waals surface area contributed by atoms with E-state index in [2.05, 4.69) is 39.9 Å². The second kappa shape index (κ2) is 10.9. The van der Waals surface area contributed by atoms with E-state index < -0.39 is 14.4 Å². The molecule has 7 nitrogen and oxygen atoms in total. The Balaban J connectivity index is 2.32. The normalized spacial score (nSPS) is 22.9. The van der Waals surface area contributed by atoms with Gasteiger partial charge in [0.15, 0.2) is 8.32 Å². The van der Waals surface area contributed by atoms with Crippen molar-refractivity contribution in [2.24, 2.45) is 5.92 Å². The average Bonchev–Trinajstić information content (AvgIpc) is 2.71. The molecule has 8 heteroatoms. The van der Waals surface area contributed by atoms with E-state index in [1.165, 1.54) is 7.11 Å². The number of hydrogen-bond acceptors (Lipinski definition) is 6. The van der Waals surface area contributed by atoms with Crippen molar-refractivity contribution < 1.29 is 23.6 Å². The molecule has 32 heavy (non-hydrogen) atoms. The Morgan fingerprint density at radius 2 is 1.81 bits per heavy atom. The summed E-state index contributed by atoms with van der Waals surface area (Å²) in [6.07, 6.45) is 1.70. The molecule has 0 fully saturated rings. The predicted octanol–water partition coefficient (Wildman–Crippen LogP) is 5.23. The molecule has 0 amide bonds. The number of rotatable bonds is 10. The number of hydrogen-bond donors (Lipinski definition) is 0. The van der Waals surface area contributed by atoms with Gasteiger partial charge >= 0.3 is 0 Å². The van der Waals surface area contributed by atoms with E-state index >= 15 is 0 Å². The first-order valence-electron chi connectivity index (χ1n) is 11.1. The Bertz CT molecular complexity index is 787. The zero-order valence-corrected chi connectivity index (χ0v) is 21.7. The summed E-state index contributed by atoms with van der Waals surface area (Å²) in [4.78, 5) is 11.1. The van der Waals surface area contributed by atoms with Gasteiger partial charge in [-0.25, -0.2) is 0 Å². The summed E-state index contributed by atoms with van der Waals surface area (Å²) < 4.78 is 24.0. The zero-order chi connectivity index (χ0) is 24.1. The summed E-state index contributed by atoms with van der Waals surface area (Å²) >= 11 is 0. The van der Waals surface area contributed by atoms with Crippen LogP contribution in [0.15, 0.2) is 35.9 Å². The molecule has 0 heterocycles.